The number of hydrogen-bond acceptors (Lipinski definition) is 6. The Morgan fingerprint density at radius 1 is 1.07 bits per heavy atom. The van der Waals surface area contributed by atoms with Crippen molar-refractivity contribution in [2.24, 2.45) is 0 Å². The molecule has 1 aliphatic rings. The minimum atomic E-state index is -4.38. The van der Waals surface area contributed by atoms with E-state index in [9.17, 15) is 13.2 Å². The normalized spacial score (nSPS) is 16.2. The average molecular weight is 405 g/mol. The van der Waals surface area contributed by atoms with Gasteiger partial charge in [0, 0.05) is 12.1 Å². The van der Waals surface area contributed by atoms with Crippen LogP contribution < -0.4 is 9.47 Å². The zero-order valence-electron chi connectivity index (χ0n) is 15.5. The molecule has 29 heavy (non-hydrogen) atoms. The van der Waals surface area contributed by atoms with Crippen LogP contribution in [0, 0.1) is 0 Å². The summed E-state index contributed by atoms with van der Waals surface area (Å²) in [6.07, 6.45) is -4.53. The molecule has 9 heteroatoms. The van der Waals surface area contributed by atoms with E-state index >= 15 is 0 Å². The highest BCUT2D eigenvalue weighted by Gasteiger charge is 2.30. The van der Waals surface area contributed by atoms with E-state index < -0.39 is 11.7 Å². The van der Waals surface area contributed by atoms with Crippen molar-refractivity contribution in [3.63, 3.8) is 0 Å². The Hall–Kier alpha value is -3.07. The van der Waals surface area contributed by atoms with E-state index in [4.69, 9.17) is 14.0 Å². The molecule has 0 bridgehead atoms. The van der Waals surface area contributed by atoms with Gasteiger partial charge < -0.3 is 14.0 Å². The fourth-order valence-corrected chi connectivity index (χ4v) is 3.04. The maximum absolute atomic E-state index is 12.7. The van der Waals surface area contributed by atoms with Crippen LogP contribution in [0.2, 0.25) is 0 Å². The molecular weight excluding hydrogens is 387 g/mol. The molecule has 0 spiro atoms. The van der Waals surface area contributed by atoms with E-state index in [1.54, 1.807) is 0 Å². The molecule has 152 valence electrons. The number of benzene rings is 2. The second-order valence-electron chi connectivity index (χ2n) is 6.78. The molecule has 3 aromatic rings. The maximum atomic E-state index is 12.7. The molecule has 0 amide bonds. The molecule has 0 N–H and O–H groups in total. The monoisotopic (exact) mass is 405 g/mol. The summed E-state index contributed by atoms with van der Waals surface area (Å²) < 4.78 is 54.9. The molecule has 2 aromatic carbocycles. The third-order valence-electron chi connectivity index (χ3n) is 4.43. The summed E-state index contributed by atoms with van der Waals surface area (Å²) in [5.74, 6) is 2.04. The number of halogens is 3. The van der Waals surface area contributed by atoms with Crippen LogP contribution in [-0.2, 0) is 12.7 Å². The number of ether oxygens (including phenoxy) is 2. The van der Waals surface area contributed by atoms with E-state index in [1.807, 2.05) is 36.2 Å². The Morgan fingerprint density at radius 2 is 1.79 bits per heavy atom. The van der Waals surface area contributed by atoms with Crippen molar-refractivity contribution in [2.75, 3.05) is 20.2 Å². The summed E-state index contributed by atoms with van der Waals surface area (Å²) in [7, 11) is 1.88. The quantitative estimate of drug-likeness (QED) is 0.639. The molecule has 1 aromatic heterocycles. The molecule has 6 nitrogen and oxygen atoms in total. The van der Waals surface area contributed by atoms with E-state index in [-0.39, 0.29) is 11.9 Å². The minimum absolute atomic E-state index is 0.146. The molecule has 0 radical (unpaired) electrons. The van der Waals surface area contributed by atoms with Crippen LogP contribution in [0.4, 0.5) is 13.2 Å². The van der Waals surface area contributed by atoms with Crippen molar-refractivity contribution >= 4 is 0 Å². The standard InChI is InChI=1S/C20H18F3N3O3/c1-26(10-15-12-27-16-4-2-3-5-17(16)28-15)11-18-24-19(25-29-18)13-6-8-14(9-7-13)20(21,22)23/h2-9,15H,10-12H2,1H3/t15-/m1/s1. The van der Waals surface area contributed by atoms with Crippen LogP contribution in [0.1, 0.15) is 11.5 Å². The largest absolute Gasteiger partial charge is 0.486 e. The molecule has 0 aliphatic carbocycles. The fraction of sp³-hybridized carbons (Fsp3) is 0.300. The highest BCUT2D eigenvalue weighted by molar-refractivity contribution is 5.54. The highest BCUT2D eigenvalue weighted by atomic mass is 19.4. The Labute approximate surface area is 164 Å². The van der Waals surface area contributed by atoms with Gasteiger partial charge in [-0.1, -0.05) is 29.4 Å². The molecule has 0 unspecified atom stereocenters. The molecule has 1 atom stereocenters. The van der Waals surface area contributed by atoms with Gasteiger partial charge in [-0.3, -0.25) is 4.90 Å². The number of alkyl halides is 3. The van der Waals surface area contributed by atoms with Gasteiger partial charge in [0.05, 0.1) is 12.1 Å². The Balaban J connectivity index is 1.35. The third-order valence-corrected chi connectivity index (χ3v) is 4.43. The number of likely N-dealkylation sites (N-methyl/N-ethyl adjacent to an activating group) is 1. The molecule has 4 rings (SSSR count). The smallest absolute Gasteiger partial charge is 0.416 e. The predicted octanol–water partition coefficient (Wildman–Crippen LogP) is 4.03. The molecule has 0 fully saturated rings. The van der Waals surface area contributed by atoms with Gasteiger partial charge in [0.15, 0.2) is 11.5 Å². The van der Waals surface area contributed by atoms with Crippen molar-refractivity contribution in [3.8, 4) is 22.9 Å². The lowest BCUT2D eigenvalue weighted by molar-refractivity contribution is -0.137. The molecule has 1 aliphatic heterocycles. The maximum Gasteiger partial charge on any atom is 0.416 e. The first-order valence-electron chi connectivity index (χ1n) is 8.96. The van der Waals surface area contributed by atoms with Crippen molar-refractivity contribution < 1.29 is 27.2 Å². The summed E-state index contributed by atoms with van der Waals surface area (Å²) in [6, 6.07) is 12.1. The summed E-state index contributed by atoms with van der Waals surface area (Å²) in [6.45, 7) is 1.38. The summed E-state index contributed by atoms with van der Waals surface area (Å²) in [5, 5.41) is 3.86. The zero-order valence-corrected chi connectivity index (χ0v) is 15.5. The zero-order chi connectivity index (χ0) is 20.4. The van der Waals surface area contributed by atoms with Crippen LogP contribution in [-0.4, -0.2) is 41.3 Å². The van der Waals surface area contributed by atoms with Gasteiger partial charge in [0.1, 0.15) is 12.7 Å². The van der Waals surface area contributed by atoms with Crippen LogP contribution in [0.5, 0.6) is 11.5 Å². The van der Waals surface area contributed by atoms with Crippen molar-refractivity contribution in [3.05, 3.63) is 60.0 Å². The summed E-state index contributed by atoms with van der Waals surface area (Å²) >= 11 is 0. The van der Waals surface area contributed by atoms with Crippen molar-refractivity contribution in [1.29, 1.82) is 0 Å². The average Bonchev–Trinajstić information content (AvgIpc) is 3.15. The van der Waals surface area contributed by atoms with Crippen molar-refractivity contribution in [1.82, 2.24) is 15.0 Å². The first-order chi connectivity index (χ1) is 13.9. The molecular formula is C20H18F3N3O3. The number of aromatic nitrogens is 2. The number of para-hydroxylation sites is 2. The van der Waals surface area contributed by atoms with Crippen molar-refractivity contribution in [2.45, 2.75) is 18.8 Å². The first-order valence-corrected chi connectivity index (χ1v) is 8.96. The Bertz CT molecular complexity index is 973. The lowest BCUT2D eigenvalue weighted by atomic mass is 10.1. The fourth-order valence-electron chi connectivity index (χ4n) is 3.04. The third kappa shape index (κ3) is 4.51. The Kier molecular flexibility index (Phi) is 5.14. The van der Waals surface area contributed by atoms with E-state index in [0.717, 1.165) is 17.9 Å². The number of rotatable bonds is 5. The van der Waals surface area contributed by atoms with Crippen LogP contribution >= 0.6 is 0 Å². The van der Waals surface area contributed by atoms with Gasteiger partial charge in [-0.2, -0.15) is 18.2 Å². The van der Waals surface area contributed by atoms with Gasteiger partial charge in [-0.15, -0.1) is 0 Å². The van der Waals surface area contributed by atoms with Crippen LogP contribution in [0.15, 0.2) is 53.1 Å². The van der Waals surface area contributed by atoms with E-state index in [1.165, 1.54) is 12.1 Å². The first kappa shape index (κ1) is 19.3. The molecule has 0 saturated carbocycles. The second kappa shape index (κ2) is 7.75. The van der Waals surface area contributed by atoms with Crippen LogP contribution in [0.3, 0.4) is 0 Å². The lowest BCUT2D eigenvalue weighted by Crippen LogP contribution is -2.39. The second-order valence-corrected chi connectivity index (χ2v) is 6.78. The summed E-state index contributed by atoms with van der Waals surface area (Å²) in [5.41, 5.74) is -0.266. The van der Waals surface area contributed by atoms with Gasteiger partial charge in [0.2, 0.25) is 11.7 Å². The van der Waals surface area contributed by atoms with E-state index in [2.05, 4.69) is 10.1 Å². The van der Waals surface area contributed by atoms with Gasteiger partial charge >= 0.3 is 6.18 Å². The number of nitrogens with zero attached hydrogens (tertiary/aromatic N) is 3. The Morgan fingerprint density at radius 3 is 2.52 bits per heavy atom. The van der Waals surface area contributed by atoms with Gasteiger partial charge in [0.25, 0.3) is 0 Å². The molecule has 0 saturated heterocycles. The predicted molar refractivity (Wildman–Crippen MR) is 97.4 cm³/mol. The summed E-state index contributed by atoms with van der Waals surface area (Å²) in [4.78, 5) is 6.22. The highest BCUT2D eigenvalue weighted by Crippen LogP contribution is 2.31. The topological polar surface area (TPSA) is 60.6 Å². The van der Waals surface area contributed by atoms with Gasteiger partial charge in [-0.05, 0) is 31.3 Å². The van der Waals surface area contributed by atoms with Gasteiger partial charge in [-0.25, -0.2) is 0 Å². The van der Waals surface area contributed by atoms with E-state index in [0.29, 0.717) is 36.9 Å². The minimum Gasteiger partial charge on any atom is -0.486 e. The van der Waals surface area contributed by atoms with Crippen LogP contribution in [0.25, 0.3) is 11.4 Å². The SMILES string of the molecule is CN(Cc1nc(-c2ccc(C(F)(F)F)cc2)no1)C[C@@H]1COc2ccccc2O1. The lowest BCUT2D eigenvalue weighted by Gasteiger charge is -2.29. The number of fused-ring (bicyclic) bond motifs is 1. The molecule has 2 heterocycles. The number of hydrogen-bond donors (Lipinski definition) is 0.